The Morgan fingerprint density at radius 1 is 0.659 bits per heavy atom. The fourth-order valence-electron chi connectivity index (χ4n) is 6.46. The fraction of sp³-hybridized carbons (Fsp3) is 0.132. The zero-order valence-corrected chi connectivity index (χ0v) is 23.5. The van der Waals surface area contributed by atoms with Crippen LogP contribution in [0.2, 0.25) is 0 Å². The first kappa shape index (κ1) is 26.5. The van der Waals surface area contributed by atoms with Crippen LogP contribution >= 0.6 is 0 Å². The van der Waals surface area contributed by atoms with Crippen LogP contribution < -0.4 is 4.90 Å². The Balaban J connectivity index is 1.67. The number of rotatable bonds is 5. The van der Waals surface area contributed by atoms with E-state index in [9.17, 15) is 9.18 Å². The summed E-state index contributed by atoms with van der Waals surface area (Å²) in [5.74, 6) is -0.885. The third kappa shape index (κ3) is 4.38. The van der Waals surface area contributed by atoms with E-state index in [2.05, 4.69) is 104 Å². The second-order valence-corrected chi connectivity index (χ2v) is 11.2. The van der Waals surface area contributed by atoms with Gasteiger partial charge >= 0.3 is 0 Å². The molecule has 0 saturated carbocycles. The molecule has 2 nitrogen and oxygen atoms in total. The first-order chi connectivity index (χ1) is 19.8. The molecular weight excluding hydrogens is 505 g/mol. The molecule has 41 heavy (non-hydrogen) atoms. The molecule has 0 N–H and O–H groups in total. The lowest BCUT2D eigenvalue weighted by molar-refractivity contribution is 0.0966. The molecule has 1 amide bonds. The SMILES string of the molecule is CC1=CC(C)(C)N(C(=O)c2ccccc2F)c2cc(C(c3ccccc3)(c3ccccc3)c3ccccc3)ccc21. The molecular formula is C38H32FNO. The molecule has 0 unspecified atom stereocenters. The van der Waals surface area contributed by atoms with Crippen molar-refractivity contribution in [2.75, 3.05) is 4.90 Å². The summed E-state index contributed by atoms with van der Waals surface area (Å²) in [4.78, 5) is 15.9. The summed E-state index contributed by atoms with van der Waals surface area (Å²) in [6, 6.07) is 44.1. The van der Waals surface area contributed by atoms with Gasteiger partial charge < -0.3 is 0 Å². The topological polar surface area (TPSA) is 20.3 Å². The van der Waals surface area contributed by atoms with Crippen molar-refractivity contribution in [3.05, 3.63) is 179 Å². The van der Waals surface area contributed by atoms with Crippen molar-refractivity contribution >= 4 is 17.2 Å². The predicted molar refractivity (Wildman–Crippen MR) is 166 cm³/mol. The summed E-state index contributed by atoms with van der Waals surface area (Å²) >= 11 is 0. The minimum atomic E-state index is -0.677. The Morgan fingerprint density at radius 3 is 1.66 bits per heavy atom. The number of anilines is 1. The van der Waals surface area contributed by atoms with Crippen molar-refractivity contribution in [3.63, 3.8) is 0 Å². The molecule has 0 atom stereocenters. The van der Waals surface area contributed by atoms with Crippen LogP contribution in [0.25, 0.3) is 5.57 Å². The standard InChI is InChI=1S/C38H32FNO/c1-27-26-37(2,3)40(36(41)33-21-13-14-22-34(33)39)35-25-31(23-24-32(27)35)38(28-15-7-4-8-16-28,29-17-9-5-10-18-29)30-19-11-6-12-20-30/h4-26H,1-3H3. The number of nitrogens with zero attached hydrogens (tertiary/aromatic N) is 1. The summed E-state index contributed by atoms with van der Waals surface area (Å²) in [5, 5.41) is 0. The van der Waals surface area contributed by atoms with Crippen molar-refractivity contribution in [2.45, 2.75) is 31.7 Å². The van der Waals surface area contributed by atoms with Gasteiger partial charge in [-0.2, -0.15) is 0 Å². The maximum Gasteiger partial charge on any atom is 0.262 e. The van der Waals surface area contributed by atoms with E-state index in [1.165, 1.54) is 6.07 Å². The van der Waals surface area contributed by atoms with E-state index in [1.807, 2.05) is 32.0 Å². The molecule has 5 aromatic rings. The first-order valence-electron chi connectivity index (χ1n) is 13.9. The van der Waals surface area contributed by atoms with Crippen LogP contribution in [-0.2, 0) is 5.41 Å². The van der Waals surface area contributed by atoms with Crippen LogP contribution in [0.3, 0.4) is 0 Å². The monoisotopic (exact) mass is 537 g/mol. The summed E-state index contributed by atoms with van der Waals surface area (Å²) in [6.45, 7) is 6.08. The number of carbonyl (C=O) groups excluding carboxylic acids is 1. The number of halogens is 1. The first-order valence-corrected chi connectivity index (χ1v) is 13.9. The van der Waals surface area contributed by atoms with E-state index in [0.29, 0.717) is 0 Å². The van der Waals surface area contributed by atoms with Gasteiger partial charge in [-0.25, -0.2) is 4.39 Å². The molecule has 0 aliphatic carbocycles. The molecule has 202 valence electrons. The summed E-state index contributed by atoms with van der Waals surface area (Å²) in [5.41, 5.74) is 5.91. The van der Waals surface area contributed by atoms with Crippen LogP contribution in [0.1, 0.15) is 58.9 Å². The number of hydrogen-bond donors (Lipinski definition) is 0. The van der Waals surface area contributed by atoms with Crippen LogP contribution in [0, 0.1) is 5.82 Å². The van der Waals surface area contributed by atoms with E-state index in [1.54, 1.807) is 23.1 Å². The second-order valence-electron chi connectivity index (χ2n) is 11.2. The molecule has 0 fully saturated rings. The number of allylic oxidation sites excluding steroid dienone is 1. The van der Waals surface area contributed by atoms with E-state index in [0.717, 1.165) is 39.1 Å². The number of fused-ring (bicyclic) bond motifs is 1. The zero-order chi connectivity index (χ0) is 28.6. The molecule has 0 saturated heterocycles. The van der Waals surface area contributed by atoms with Gasteiger partial charge in [-0.15, -0.1) is 0 Å². The summed E-state index contributed by atoms with van der Waals surface area (Å²) < 4.78 is 15.0. The molecule has 1 aliphatic rings. The maximum absolute atomic E-state index is 15.0. The zero-order valence-electron chi connectivity index (χ0n) is 23.5. The highest BCUT2D eigenvalue weighted by Crippen LogP contribution is 2.48. The van der Waals surface area contributed by atoms with Crippen molar-refractivity contribution in [3.8, 4) is 0 Å². The van der Waals surface area contributed by atoms with E-state index in [-0.39, 0.29) is 11.5 Å². The molecule has 1 heterocycles. The number of hydrogen-bond acceptors (Lipinski definition) is 1. The summed E-state index contributed by atoms with van der Waals surface area (Å²) in [7, 11) is 0. The average Bonchev–Trinajstić information content (AvgIpc) is 2.99. The largest absolute Gasteiger partial charge is 0.299 e. The van der Waals surface area contributed by atoms with E-state index < -0.39 is 16.8 Å². The van der Waals surface area contributed by atoms with E-state index >= 15 is 0 Å². The Hall–Kier alpha value is -4.76. The lowest BCUT2D eigenvalue weighted by Gasteiger charge is -2.43. The summed E-state index contributed by atoms with van der Waals surface area (Å²) in [6.07, 6.45) is 2.09. The van der Waals surface area contributed by atoms with Crippen molar-refractivity contribution < 1.29 is 9.18 Å². The van der Waals surface area contributed by atoms with Gasteiger partial charge in [0.15, 0.2) is 0 Å². The lowest BCUT2D eigenvalue weighted by atomic mass is 9.64. The molecule has 6 rings (SSSR count). The Kier molecular flexibility index (Phi) is 6.67. The number of benzene rings is 5. The highest BCUT2D eigenvalue weighted by Gasteiger charge is 2.42. The van der Waals surface area contributed by atoms with E-state index in [4.69, 9.17) is 0 Å². The minimum absolute atomic E-state index is 0.0605. The van der Waals surface area contributed by atoms with Crippen LogP contribution in [0.5, 0.6) is 0 Å². The van der Waals surface area contributed by atoms with Crippen molar-refractivity contribution in [1.29, 1.82) is 0 Å². The van der Waals surface area contributed by atoms with Crippen LogP contribution in [0.15, 0.2) is 140 Å². The third-order valence-corrected chi connectivity index (χ3v) is 8.17. The quantitative estimate of drug-likeness (QED) is 0.205. The van der Waals surface area contributed by atoms with Gasteiger partial charge in [-0.1, -0.05) is 121 Å². The smallest absolute Gasteiger partial charge is 0.262 e. The highest BCUT2D eigenvalue weighted by atomic mass is 19.1. The van der Waals surface area contributed by atoms with Gasteiger partial charge in [0, 0.05) is 5.56 Å². The maximum atomic E-state index is 15.0. The molecule has 0 radical (unpaired) electrons. The Labute approximate surface area is 241 Å². The molecule has 0 bridgehead atoms. The second kappa shape index (κ2) is 10.3. The molecule has 0 spiro atoms. The molecule has 0 aromatic heterocycles. The van der Waals surface area contributed by atoms with Crippen molar-refractivity contribution in [1.82, 2.24) is 0 Å². The number of amides is 1. The lowest BCUT2D eigenvalue weighted by Crippen LogP contribution is -2.49. The molecule has 3 heteroatoms. The minimum Gasteiger partial charge on any atom is -0.299 e. The van der Waals surface area contributed by atoms with Gasteiger partial charge in [0.25, 0.3) is 5.91 Å². The van der Waals surface area contributed by atoms with Gasteiger partial charge in [-0.3, -0.25) is 9.69 Å². The molecule has 1 aliphatic heterocycles. The Morgan fingerprint density at radius 2 is 1.15 bits per heavy atom. The third-order valence-electron chi connectivity index (χ3n) is 8.17. The van der Waals surface area contributed by atoms with Gasteiger partial charge in [0.1, 0.15) is 5.82 Å². The van der Waals surface area contributed by atoms with Gasteiger partial charge in [0.2, 0.25) is 0 Å². The number of carbonyl (C=O) groups is 1. The Bertz CT molecular complexity index is 1640. The fourth-order valence-corrected chi connectivity index (χ4v) is 6.46. The predicted octanol–water partition coefficient (Wildman–Crippen LogP) is 9.05. The highest BCUT2D eigenvalue weighted by molar-refractivity contribution is 6.10. The average molecular weight is 538 g/mol. The van der Waals surface area contributed by atoms with Crippen LogP contribution in [0.4, 0.5) is 10.1 Å². The van der Waals surface area contributed by atoms with Gasteiger partial charge in [0.05, 0.1) is 22.2 Å². The normalized spacial score (nSPS) is 14.2. The van der Waals surface area contributed by atoms with Gasteiger partial charge in [-0.05, 0) is 66.8 Å². The van der Waals surface area contributed by atoms with Crippen molar-refractivity contribution in [2.24, 2.45) is 0 Å². The molecule has 5 aromatic carbocycles. The van der Waals surface area contributed by atoms with Crippen LogP contribution in [-0.4, -0.2) is 11.4 Å².